The molecule has 1 rings (SSSR count). The summed E-state index contributed by atoms with van der Waals surface area (Å²) in [6, 6.07) is -1.44. The Kier molecular flexibility index (Phi) is 11.0. The van der Waals surface area contributed by atoms with E-state index >= 15 is 0 Å². The summed E-state index contributed by atoms with van der Waals surface area (Å²) in [6.45, 7) is -1.56. The van der Waals surface area contributed by atoms with Crippen LogP contribution in [0.2, 0.25) is 0 Å². The van der Waals surface area contributed by atoms with E-state index in [0.29, 0.717) is 0 Å². The molecule has 0 aromatic rings. The standard InChI is InChI=1S/C19H29N3O11/c1-21(8-11(24)17(30)18(31)12(25)9-23)14(27)3-2-10(19(32)33)20-13(26)6-7-22-15(28)4-5-16(22)29/h4-5,10-12,17-18,23-25,30-31H,2-3,6-9H2,1H3,(H,20,26)(H,32,33)/t10-,11?,12+,17+,18?/m0/s1. The second kappa shape index (κ2) is 13.0. The minimum absolute atomic E-state index is 0.235. The zero-order chi connectivity index (χ0) is 25.3. The number of nitrogens with zero attached hydrogens (tertiary/aromatic N) is 2. The Morgan fingerprint density at radius 3 is 2.06 bits per heavy atom. The summed E-state index contributed by atoms with van der Waals surface area (Å²) in [5.74, 6) is -3.96. The maximum absolute atomic E-state index is 12.2. The first-order valence-electron chi connectivity index (χ1n) is 10.0. The second-order valence-electron chi connectivity index (χ2n) is 7.48. The summed E-state index contributed by atoms with van der Waals surface area (Å²) in [4.78, 5) is 60.3. The number of aliphatic hydroxyl groups excluding tert-OH is 5. The van der Waals surface area contributed by atoms with Gasteiger partial charge in [-0.3, -0.25) is 24.1 Å². The molecule has 0 bridgehead atoms. The van der Waals surface area contributed by atoms with Gasteiger partial charge in [-0.05, 0) is 6.42 Å². The van der Waals surface area contributed by atoms with Gasteiger partial charge >= 0.3 is 5.97 Å². The average molecular weight is 475 g/mol. The highest BCUT2D eigenvalue weighted by molar-refractivity contribution is 6.13. The van der Waals surface area contributed by atoms with Crippen LogP contribution in [0.5, 0.6) is 0 Å². The van der Waals surface area contributed by atoms with Crippen LogP contribution in [0.15, 0.2) is 12.2 Å². The highest BCUT2D eigenvalue weighted by atomic mass is 16.4. The van der Waals surface area contributed by atoms with Crippen molar-refractivity contribution in [1.82, 2.24) is 15.1 Å². The van der Waals surface area contributed by atoms with Crippen molar-refractivity contribution in [2.45, 2.75) is 49.7 Å². The van der Waals surface area contributed by atoms with E-state index in [4.69, 9.17) is 5.11 Å². The fraction of sp³-hybridized carbons (Fsp3) is 0.632. The van der Waals surface area contributed by atoms with E-state index in [9.17, 15) is 49.5 Å². The monoisotopic (exact) mass is 475 g/mol. The van der Waals surface area contributed by atoms with Crippen molar-refractivity contribution >= 4 is 29.6 Å². The number of aliphatic hydroxyl groups is 5. The SMILES string of the molecule is CN(CC(O)[C@@H](O)C(O)[C@H](O)CO)C(=O)CC[C@H](NC(=O)CCN1C(=O)C=CC1=O)C(=O)O. The maximum atomic E-state index is 12.2. The van der Waals surface area contributed by atoms with Gasteiger partial charge < -0.3 is 40.9 Å². The predicted molar refractivity (Wildman–Crippen MR) is 108 cm³/mol. The molecule has 0 spiro atoms. The quantitative estimate of drug-likeness (QED) is 0.119. The Morgan fingerprint density at radius 1 is 1.00 bits per heavy atom. The molecular formula is C19H29N3O11. The number of aliphatic carboxylic acids is 1. The third-order valence-electron chi connectivity index (χ3n) is 4.96. The van der Waals surface area contributed by atoms with Gasteiger partial charge in [-0.2, -0.15) is 0 Å². The number of carbonyl (C=O) groups is 5. The molecule has 2 unspecified atom stereocenters. The molecule has 0 radical (unpaired) electrons. The van der Waals surface area contributed by atoms with Crippen molar-refractivity contribution in [3.8, 4) is 0 Å². The lowest BCUT2D eigenvalue weighted by atomic mass is 10.0. The van der Waals surface area contributed by atoms with E-state index in [1.165, 1.54) is 7.05 Å². The number of carboxylic acids is 1. The van der Waals surface area contributed by atoms with Gasteiger partial charge in [0, 0.05) is 45.1 Å². The highest BCUT2D eigenvalue weighted by Gasteiger charge is 2.31. The van der Waals surface area contributed by atoms with Crippen molar-refractivity contribution in [2.75, 3.05) is 26.7 Å². The van der Waals surface area contributed by atoms with E-state index in [1.807, 2.05) is 0 Å². The number of amides is 4. The molecule has 33 heavy (non-hydrogen) atoms. The van der Waals surface area contributed by atoms with Crippen LogP contribution < -0.4 is 5.32 Å². The summed E-state index contributed by atoms with van der Waals surface area (Å²) < 4.78 is 0. The molecule has 1 aliphatic heterocycles. The molecule has 1 heterocycles. The van der Waals surface area contributed by atoms with Crippen LogP contribution in [0.4, 0.5) is 0 Å². The van der Waals surface area contributed by atoms with Crippen LogP contribution in [0.3, 0.4) is 0 Å². The lowest BCUT2D eigenvalue weighted by molar-refractivity contribution is -0.144. The van der Waals surface area contributed by atoms with E-state index in [2.05, 4.69) is 5.32 Å². The molecule has 14 nitrogen and oxygen atoms in total. The van der Waals surface area contributed by atoms with Gasteiger partial charge in [0.1, 0.15) is 30.5 Å². The number of carbonyl (C=O) groups excluding carboxylic acids is 4. The fourth-order valence-corrected chi connectivity index (χ4v) is 2.90. The molecule has 4 amide bonds. The van der Waals surface area contributed by atoms with Crippen LogP contribution >= 0.6 is 0 Å². The Bertz CT molecular complexity index is 754. The number of hydrogen-bond donors (Lipinski definition) is 7. The molecule has 186 valence electrons. The molecule has 1 aliphatic rings. The van der Waals surface area contributed by atoms with Gasteiger partial charge in [-0.25, -0.2) is 4.79 Å². The zero-order valence-electron chi connectivity index (χ0n) is 17.9. The average Bonchev–Trinajstić information content (AvgIpc) is 3.09. The molecule has 0 fully saturated rings. The summed E-state index contributed by atoms with van der Waals surface area (Å²) in [7, 11) is 1.25. The molecule has 0 saturated heterocycles. The summed E-state index contributed by atoms with van der Waals surface area (Å²) >= 11 is 0. The molecular weight excluding hydrogens is 446 g/mol. The second-order valence-corrected chi connectivity index (χ2v) is 7.48. The zero-order valence-corrected chi connectivity index (χ0v) is 17.9. The smallest absolute Gasteiger partial charge is 0.326 e. The minimum Gasteiger partial charge on any atom is -0.480 e. The predicted octanol–water partition coefficient (Wildman–Crippen LogP) is -4.45. The Hall–Kier alpha value is -2.91. The molecule has 7 N–H and O–H groups in total. The molecule has 5 atom stereocenters. The minimum atomic E-state index is -1.86. The third kappa shape index (κ3) is 8.51. The van der Waals surface area contributed by atoms with Crippen LogP contribution in [-0.4, -0.2) is 127 Å². The summed E-state index contributed by atoms with van der Waals surface area (Å²) in [5.41, 5.74) is 0. The van der Waals surface area contributed by atoms with Gasteiger partial charge in [0.2, 0.25) is 11.8 Å². The van der Waals surface area contributed by atoms with Gasteiger partial charge in [-0.15, -0.1) is 0 Å². The van der Waals surface area contributed by atoms with Crippen LogP contribution in [-0.2, 0) is 24.0 Å². The number of nitrogens with one attached hydrogen (secondary N) is 1. The van der Waals surface area contributed by atoms with Crippen molar-refractivity contribution < 1.29 is 54.6 Å². The molecule has 0 aromatic carbocycles. The van der Waals surface area contributed by atoms with E-state index in [1.54, 1.807) is 0 Å². The first-order chi connectivity index (χ1) is 15.4. The normalized spacial score (nSPS) is 17.9. The largest absolute Gasteiger partial charge is 0.480 e. The molecule has 0 saturated carbocycles. The van der Waals surface area contributed by atoms with Crippen LogP contribution in [0.25, 0.3) is 0 Å². The van der Waals surface area contributed by atoms with Crippen LogP contribution in [0, 0.1) is 0 Å². The fourth-order valence-electron chi connectivity index (χ4n) is 2.90. The van der Waals surface area contributed by atoms with Gasteiger partial charge in [0.25, 0.3) is 11.8 Å². The number of imide groups is 1. The van der Waals surface area contributed by atoms with Crippen molar-refractivity contribution in [3.63, 3.8) is 0 Å². The first kappa shape index (κ1) is 28.1. The van der Waals surface area contributed by atoms with E-state index in [-0.39, 0.29) is 25.8 Å². The topological polar surface area (TPSA) is 225 Å². The van der Waals surface area contributed by atoms with Crippen molar-refractivity contribution in [1.29, 1.82) is 0 Å². The van der Waals surface area contributed by atoms with Gasteiger partial charge in [-0.1, -0.05) is 0 Å². The highest BCUT2D eigenvalue weighted by Crippen LogP contribution is 2.09. The van der Waals surface area contributed by atoms with Crippen LogP contribution in [0.1, 0.15) is 19.3 Å². The molecule has 14 heteroatoms. The number of likely N-dealkylation sites (N-methyl/N-ethyl adjacent to an activating group) is 1. The van der Waals surface area contributed by atoms with Gasteiger partial charge in [0.15, 0.2) is 0 Å². The maximum Gasteiger partial charge on any atom is 0.326 e. The van der Waals surface area contributed by atoms with Crippen molar-refractivity contribution in [3.05, 3.63) is 12.2 Å². The number of rotatable bonds is 14. The van der Waals surface area contributed by atoms with E-state index in [0.717, 1.165) is 22.0 Å². The summed E-state index contributed by atoms with van der Waals surface area (Å²) in [6.07, 6.45) is -5.99. The lowest BCUT2D eigenvalue weighted by Gasteiger charge is -2.28. The Morgan fingerprint density at radius 2 is 1.55 bits per heavy atom. The molecule has 0 aliphatic carbocycles. The lowest BCUT2D eigenvalue weighted by Crippen LogP contribution is -2.50. The van der Waals surface area contributed by atoms with Gasteiger partial charge in [0.05, 0.1) is 6.61 Å². The number of hydrogen-bond acceptors (Lipinski definition) is 10. The third-order valence-corrected chi connectivity index (χ3v) is 4.96. The summed E-state index contributed by atoms with van der Waals surface area (Å²) in [5, 5.41) is 58.9. The Balaban J connectivity index is 2.51. The Labute approximate surface area is 188 Å². The van der Waals surface area contributed by atoms with Crippen molar-refractivity contribution in [2.24, 2.45) is 0 Å². The first-order valence-corrected chi connectivity index (χ1v) is 10.0. The van der Waals surface area contributed by atoms with E-state index < -0.39 is 73.2 Å². The number of carboxylic acid groups (broad SMARTS) is 1. The molecule has 0 aromatic heterocycles.